The van der Waals surface area contributed by atoms with Gasteiger partial charge >= 0.3 is 0 Å². The summed E-state index contributed by atoms with van der Waals surface area (Å²) in [4.78, 5) is 22.0. The third kappa shape index (κ3) is 3.66. The number of rotatable bonds is 4. The van der Waals surface area contributed by atoms with Crippen LogP contribution < -0.4 is 0 Å². The first-order valence-electron chi connectivity index (χ1n) is 8.18. The van der Waals surface area contributed by atoms with Gasteiger partial charge in [-0.3, -0.25) is 4.79 Å². The van der Waals surface area contributed by atoms with Crippen LogP contribution in [0.3, 0.4) is 0 Å². The lowest BCUT2D eigenvalue weighted by Gasteiger charge is -2.27. The van der Waals surface area contributed by atoms with E-state index in [9.17, 15) is 4.79 Å². The molecule has 0 aliphatic carbocycles. The van der Waals surface area contributed by atoms with Gasteiger partial charge in [0.25, 0.3) is 5.91 Å². The number of thiazole rings is 1. The zero-order chi connectivity index (χ0) is 17.2. The van der Waals surface area contributed by atoms with E-state index in [-0.39, 0.29) is 5.91 Å². The van der Waals surface area contributed by atoms with Gasteiger partial charge in [-0.15, -0.1) is 34.4 Å². The molecule has 0 bridgehead atoms. The third-order valence-electron chi connectivity index (χ3n) is 4.25. The summed E-state index contributed by atoms with van der Waals surface area (Å²) in [5.74, 6) is 0.929. The summed E-state index contributed by atoms with van der Waals surface area (Å²) >= 11 is 5.16. The van der Waals surface area contributed by atoms with Crippen LogP contribution in [0.1, 0.15) is 31.5 Å². The Morgan fingerprint density at radius 2 is 2.16 bits per heavy atom. The Morgan fingerprint density at radius 3 is 3.00 bits per heavy atom. The molecule has 0 spiro atoms. The Kier molecular flexibility index (Phi) is 4.92. The molecule has 3 nitrogen and oxygen atoms in total. The summed E-state index contributed by atoms with van der Waals surface area (Å²) < 4.78 is 0. The quantitative estimate of drug-likeness (QED) is 0.591. The summed E-state index contributed by atoms with van der Waals surface area (Å²) in [6.07, 6.45) is 0.964. The molecule has 0 atom stereocenters. The first kappa shape index (κ1) is 16.8. The van der Waals surface area contributed by atoms with Crippen molar-refractivity contribution in [2.75, 3.05) is 6.54 Å². The number of hydrogen-bond donors (Lipinski definition) is 0. The Labute approximate surface area is 159 Å². The van der Waals surface area contributed by atoms with Crippen molar-refractivity contribution in [3.63, 3.8) is 0 Å². The fourth-order valence-electron chi connectivity index (χ4n) is 2.99. The minimum absolute atomic E-state index is 0.134. The van der Waals surface area contributed by atoms with E-state index >= 15 is 0 Å². The minimum Gasteiger partial charge on any atom is -0.334 e. The average molecular weight is 387 g/mol. The predicted molar refractivity (Wildman–Crippen MR) is 106 cm³/mol. The molecule has 2 aromatic heterocycles. The molecule has 3 aromatic rings. The molecule has 1 aliphatic rings. The smallest absolute Gasteiger partial charge is 0.255 e. The molecule has 1 aliphatic heterocycles. The van der Waals surface area contributed by atoms with E-state index in [1.165, 1.54) is 10.4 Å². The van der Waals surface area contributed by atoms with Gasteiger partial charge in [0.1, 0.15) is 0 Å². The van der Waals surface area contributed by atoms with E-state index in [4.69, 9.17) is 0 Å². The maximum Gasteiger partial charge on any atom is 0.255 e. The SMILES string of the molecule is Cc1nc(CSc2ccccc2C(=O)N2CCc3sccc3C2)cs1. The molecule has 3 heterocycles. The number of thioether (sulfide) groups is 1. The molecule has 0 unspecified atom stereocenters. The minimum atomic E-state index is 0.134. The van der Waals surface area contributed by atoms with Crippen molar-refractivity contribution in [3.05, 3.63) is 67.8 Å². The maximum atomic E-state index is 13.1. The Balaban J connectivity index is 1.51. The van der Waals surface area contributed by atoms with Crippen LogP contribution in [-0.2, 0) is 18.7 Å². The van der Waals surface area contributed by atoms with E-state index < -0.39 is 0 Å². The summed E-state index contributed by atoms with van der Waals surface area (Å²) in [7, 11) is 0. The zero-order valence-electron chi connectivity index (χ0n) is 13.9. The summed E-state index contributed by atoms with van der Waals surface area (Å²) in [5, 5.41) is 5.30. The fraction of sp³-hybridized carbons (Fsp3) is 0.263. The first-order chi connectivity index (χ1) is 12.2. The van der Waals surface area contributed by atoms with Gasteiger partial charge < -0.3 is 4.90 Å². The molecular weight excluding hydrogens is 368 g/mol. The van der Waals surface area contributed by atoms with Crippen molar-refractivity contribution in [1.82, 2.24) is 9.88 Å². The summed E-state index contributed by atoms with van der Waals surface area (Å²) in [5.41, 5.74) is 3.18. The van der Waals surface area contributed by atoms with Crippen LogP contribution in [-0.4, -0.2) is 22.3 Å². The zero-order valence-corrected chi connectivity index (χ0v) is 16.3. The molecule has 0 N–H and O–H groups in total. The van der Waals surface area contributed by atoms with Crippen molar-refractivity contribution in [1.29, 1.82) is 0 Å². The molecule has 0 saturated heterocycles. The monoisotopic (exact) mass is 386 g/mol. The van der Waals surface area contributed by atoms with Gasteiger partial charge in [0.2, 0.25) is 0 Å². The van der Waals surface area contributed by atoms with Gasteiger partial charge in [-0.05, 0) is 42.5 Å². The fourth-order valence-corrected chi connectivity index (χ4v) is 5.53. The maximum absolute atomic E-state index is 13.1. The molecule has 0 radical (unpaired) electrons. The predicted octanol–water partition coefficient (Wildman–Crippen LogP) is 5.00. The molecule has 1 amide bonds. The standard InChI is InChI=1S/C19H18N2OS3/c1-13-20-15(11-24-13)12-25-18-5-3-2-4-16(18)19(22)21-8-6-17-14(10-21)7-9-23-17/h2-5,7,9,11H,6,8,10,12H2,1H3. The highest BCUT2D eigenvalue weighted by molar-refractivity contribution is 7.98. The van der Waals surface area contributed by atoms with Crippen LogP contribution in [0.15, 0.2) is 46.0 Å². The Morgan fingerprint density at radius 1 is 1.28 bits per heavy atom. The molecule has 6 heteroatoms. The lowest BCUT2D eigenvalue weighted by atomic mass is 10.1. The molecule has 128 valence electrons. The van der Waals surface area contributed by atoms with Crippen molar-refractivity contribution in [2.24, 2.45) is 0 Å². The van der Waals surface area contributed by atoms with Gasteiger partial charge in [-0.2, -0.15) is 0 Å². The number of fused-ring (bicyclic) bond motifs is 1. The van der Waals surface area contributed by atoms with Crippen molar-refractivity contribution in [2.45, 2.75) is 30.5 Å². The summed E-state index contributed by atoms with van der Waals surface area (Å²) in [6.45, 7) is 3.55. The van der Waals surface area contributed by atoms with Crippen LogP contribution in [0.2, 0.25) is 0 Å². The van der Waals surface area contributed by atoms with Crippen LogP contribution >= 0.6 is 34.4 Å². The van der Waals surface area contributed by atoms with Gasteiger partial charge in [-0.1, -0.05) is 12.1 Å². The van der Waals surface area contributed by atoms with Gasteiger partial charge in [0.15, 0.2) is 0 Å². The number of thiophene rings is 1. The van der Waals surface area contributed by atoms with Crippen molar-refractivity contribution < 1.29 is 4.79 Å². The normalized spacial score (nSPS) is 13.7. The lowest BCUT2D eigenvalue weighted by molar-refractivity contribution is 0.0732. The molecular formula is C19H18N2OS3. The third-order valence-corrected chi connectivity index (χ3v) is 7.21. The number of aryl methyl sites for hydroxylation is 1. The highest BCUT2D eigenvalue weighted by Crippen LogP contribution is 2.30. The molecule has 1 aromatic carbocycles. The van der Waals surface area contributed by atoms with E-state index in [2.05, 4.69) is 21.8 Å². The van der Waals surface area contributed by atoms with Gasteiger partial charge in [-0.25, -0.2) is 4.98 Å². The van der Waals surface area contributed by atoms with Crippen molar-refractivity contribution in [3.8, 4) is 0 Å². The highest BCUT2D eigenvalue weighted by Gasteiger charge is 2.24. The molecule has 0 fully saturated rings. The van der Waals surface area contributed by atoms with Crippen LogP contribution in [0.4, 0.5) is 0 Å². The number of carbonyl (C=O) groups is 1. The number of carbonyl (C=O) groups excluding carboxylic acids is 1. The van der Waals surface area contributed by atoms with Gasteiger partial charge in [0.05, 0.1) is 16.3 Å². The number of benzene rings is 1. The average Bonchev–Trinajstić information content (AvgIpc) is 3.27. The van der Waals surface area contributed by atoms with E-state index in [0.29, 0.717) is 0 Å². The number of nitrogens with zero attached hydrogens (tertiary/aromatic N) is 2. The van der Waals surface area contributed by atoms with E-state index in [1.54, 1.807) is 34.4 Å². The summed E-state index contributed by atoms with van der Waals surface area (Å²) in [6, 6.07) is 10.1. The number of aromatic nitrogens is 1. The van der Waals surface area contributed by atoms with Crippen LogP contribution in [0.5, 0.6) is 0 Å². The van der Waals surface area contributed by atoms with Crippen molar-refractivity contribution >= 4 is 40.3 Å². The molecule has 0 saturated carbocycles. The topological polar surface area (TPSA) is 33.2 Å². The lowest BCUT2D eigenvalue weighted by Crippen LogP contribution is -2.35. The number of hydrogen-bond acceptors (Lipinski definition) is 5. The van der Waals surface area contributed by atoms with E-state index in [1.807, 2.05) is 36.1 Å². The number of amides is 1. The second kappa shape index (κ2) is 7.32. The molecule has 4 rings (SSSR count). The Hall–Kier alpha value is -1.63. The first-order valence-corrected chi connectivity index (χ1v) is 10.9. The largest absolute Gasteiger partial charge is 0.334 e. The van der Waals surface area contributed by atoms with Crippen LogP contribution in [0, 0.1) is 6.92 Å². The Bertz CT molecular complexity index is 899. The van der Waals surface area contributed by atoms with Crippen LogP contribution in [0.25, 0.3) is 0 Å². The second-order valence-corrected chi connectivity index (χ2v) is 9.07. The highest BCUT2D eigenvalue weighted by atomic mass is 32.2. The van der Waals surface area contributed by atoms with E-state index in [0.717, 1.165) is 46.4 Å². The van der Waals surface area contributed by atoms with Gasteiger partial charge in [0, 0.05) is 34.0 Å². The molecule has 25 heavy (non-hydrogen) atoms. The second-order valence-electron chi connectivity index (χ2n) is 5.99.